The van der Waals surface area contributed by atoms with E-state index in [0.717, 1.165) is 11.8 Å². The number of carbonyl (C=O) groups excluding carboxylic acids is 2. The summed E-state index contributed by atoms with van der Waals surface area (Å²) in [5, 5.41) is 14.2. The maximum atomic E-state index is 11.8. The molecule has 20 heavy (non-hydrogen) atoms. The molecule has 108 valence electrons. The van der Waals surface area contributed by atoms with Gasteiger partial charge in [0.2, 0.25) is 5.91 Å². The van der Waals surface area contributed by atoms with E-state index in [1.807, 2.05) is 0 Å². The second-order valence-corrected chi connectivity index (χ2v) is 5.36. The van der Waals surface area contributed by atoms with Gasteiger partial charge < -0.3 is 14.6 Å². The molecule has 8 heteroatoms. The summed E-state index contributed by atoms with van der Waals surface area (Å²) >= 11 is 1.12. The SMILES string of the molecule is Cc1cc(NC(=O)[C@@H](C)SCC(=O)O[C@H](C)C#N)no1. The molecule has 2 atom stereocenters. The van der Waals surface area contributed by atoms with Crippen LogP contribution < -0.4 is 5.32 Å². The minimum Gasteiger partial charge on any atom is -0.447 e. The second kappa shape index (κ2) is 7.55. The zero-order valence-electron chi connectivity index (χ0n) is 11.4. The highest BCUT2D eigenvalue weighted by molar-refractivity contribution is 8.01. The fourth-order valence-electron chi connectivity index (χ4n) is 1.18. The number of ether oxygens (including phenoxy) is 1. The lowest BCUT2D eigenvalue weighted by Gasteiger charge is -2.10. The number of aromatic nitrogens is 1. The van der Waals surface area contributed by atoms with Crippen LogP contribution in [0.3, 0.4) is 0 Å². The first-order chi connectivity index (χ1) is 9.42. The van der Waals surface area contributed by atoms with Crippen molar-refractivity contribution < 1.29 is 18.8 Å². The van der Waals surface area contributed by atoms with E-state index < -0.39 is 17.3 Å². The standard InChI is InChI=1S/C12H15N3O4S/c1-7-4-10(15-19-7)14-12(17)9(3)20-6-11(16)18-8(2)5-13/h4,8-9H,6H2,1-3H3,(H,14,15,17)/t8-,9-/m1/s1. The van der Waals surface area contributed by atoms with Gasteiger partial charge in [-0.3, -0.25) is 9.59 Å². The lowest BCUT2D eigenvalue weighted by molar-refractivity contribution is -0.142. The molecule has 0 unspecified atom stereocenters. The summed E-state index contributed by atoms with van der Waals surface area (Å²) in [6.07, 6.45) is -0.787. The third-order valence-corrected chi connectivity index (χ3v) is 3.31. The molecule has 7 nitrogen and oxygen atoms in total. The largest absolute Gasteiger partial charge is 0.447 e. The van der Waals surface area contributed by atoms with Crippen molar-refractivity contribution in [2.24, 2.45) is 0 Å². The molecule has 1 heterocycles. The molecule has 0 aliphatic heterocycles. The maximum absolute atomic E-state index is 11.8. The van der Waals surface area contributed by atoms with Gasteiger partial charge in [-0.2, -0.15) is 5.26 Å². The smallest absolute Gasteiger partial charge is 0.317 e. The predicted molar refractivity (Wildman–Crippen MR) is 73.0 cm³/mol. The summed E-state index contributed by atoms with van der Waals surface area (Å²) in [6.45, 7) is 4.85. The van der Waals surface area contributed by atoms with Crippen LogP contribution >= 0.6 is 11.8 Å². The first-order valence-electron chi connectivity index (χ1n) is 5.87. The molecule has 0 radical (unpaired) electrons. The number of aryl methyl sites for hydroxylation is 1. The minimum absolute atomic E-state index is 0.00154. The van der Waals surface area contributed by atoms with Crippen LogP contribution in [0, 0.1) is 18.3 Å². The Morgan fingerprint density at radius 3 is 2.85 bits per heavy atom. The van der Waals surface area contributed by atoms with Gasteiger partial charge in [0, 0.05) is 6.07 Å². The monoisotopic (exact) mass is 297 g/mol. The second-order valence-electron chi connectivity index (χ2n) is 4.03. The third kappa shape index (κ3) is 5.32. The Labute approximate surface area is 120 Å². The first-order valence-corrected chi connectivity index (χ1v) is 6.92. The Hall–Kier alpha value is -2.01. The molecule has 0 fully saturated rings. The van der Waals surface area contributed by atoms with E-state index in [-0.39, 0.29) is 11.7 Å². The maximum Gasteiger partial charge on any atom is 0.317 e. The molecule has 0 aliphatic carbocycles. The summed E-state index contributed by atoms with van der Waals surface area (Å²) < 4.78 is 9.59. The molecule has 1 rings (SSSR count). The molecule has 0 saturated heterocycles. The Morgan fingerprint density at radius 1 is 1.60 bits per heavy atom. The molecule has 1 aromatic rings. The van der Waals surface area contributed by atoms with Crippen LogP contribution in [-0.4, -0.2) is 34.1 Å². The highest BCUT2D eigenvalue weighted by Crippen LogP contribution is 2.14. The average Bonchev–Trinajstić information content (AvgIpc) is 2.81. The molecule has 0 aromatic carbocycles. The average molecular weight is 297 g/mol. The van der Waals surface area contributed by atoms with Crippen LogP contribution in [0.15, 0.2) is 10.6 Å². The zero-order chi connectivity index (χ0) is 15.1. The van der Waals surface area contributed by atoms with Gasteiger partial charge >= 0.3 is 5.97 Å². The van der Waals surface area contributed by atoms with Crippen LogP contribution in [0.25, 0.3) is 0 Å². The Bertz CT molecular complexity index is 523. The molecule has 0 bridgehead atoms. The highest BCUT2D eigenvalue weighted by Gasteiger charge is 2.18. The topological polar surface area (TPSA) is 105 Å². The first kappa shape index (κ1) is 16.0. The number of amides is 1. The number of anilines is 1. The molecule has 1 amide bonds. The van der Waals surface area contributed by atoms with Crippen molar-refractivity contribution in [3.05, 3.63) is 11.8 Å². The van der Waals surface area contributed by atoms with Gasteiger partial charge in [-0.15, -0.1) is 11.8 Å². The van der Waals surface area contributed by atoms with E-state index in [9.17, 15) is 9.59 Å². The lowest BCUT2D eigenvalue weighted by atomic mass is 10.4. The van der Waals surface area contributed by atoms with Crippen molar-refractivity contribution in [2.75, 3.05) is 11.1 Å². The van der Waals surface area contributed by atoms with Gasteiger partial charge in [-0.1, -0.05) is 5.16 Å². The van der Waals surface area contributed by atoms with E-state index in [2.05, 4.69) is 10.5 Å². The fraction of sp³-hybridized carbons (Fsp3) is 0.500. The van der Waals surface area contributed by atoms with Crippen molar-refractivity contribution in [1.82, 2.24) is 5.16 Å². The number of hydrogen-bond acceptors (Lipinski definition) is 7. The minimum atomic E-state index is -0.787. The van der Waals surface area contributed by atoms with Crippen molar-refractivity contribution in [3.63, 3.8) is 0 Å². The van der Waals surface area contributed by atoms with Crippen LogP contribution in [0.5, 0.6) is 0 Å². The van der Waals surface area contributed by atoms with E-state index in [1.165, 1.54) is 6.92 Å². The number of nitrogens with zero attached hydrogens (tertiary/aromatic N) is 2. The van der Waals surface area contributed by atoms with Gasteiger partial charge in [0.15, 0.2) is 11.9 Å². The Morgan fingerprint density at radius 2 is 2.30 bits per heavy atom. The van der Waals surface area contributed by atoms with E-state index in [0.29, 0.717) is 11.6 Å². The number of esters is 1. The summed E-state index contributed by atoms with van der Waals surface area (Å²) in [5.74, 6) is 0.110. The van der Waals surface area contributed by atoms with E-state index >= 15 is 0 Å². The van der Waals surface area contributed by atoms with E-state index in [4.69, 9.17) is 14.5 Å². The Kier molecular flexibility index (Phi) is 6.06. The number of hydrogen-bond donors (Lipinski definition) is 1. The summed E-state index contributed by atoms with van der Waals surface area (Å²) in [7, 11) is 0. The van der Waals surface area contributed by atoms with Crippen molar-refractivity contribution >= 4 is 29.5 Å². The van der Waals surface area contributed by atoms with Crippen LogP contribution in [-0.2, 0) is 14.3 Å². The molecule has 0 spiro atoms. The zero-order valence-corrected chi connectivity index (χ0v) is 12.2. The predicted octanol–water partition coefficient (Wildman–Crippen LogP) is 1.50. The lowest BCUT2D eigenvalue weighted by Crippen LogP contribution is -2.24. The third-order valence-electron chi connectivity index (χ3n) is 2.19. The van der Waals surface area contributed by atoms with Crippen molar-refractivity contribution in [1.29, 1.82) is 5.26 Å². The van der Waals surface area contributed by atoms with Gasteiger partial charge in [0.1, 0.15) is 11.8 Å². The number of nitriles is 1. The normalized spacial score (nSPS) is 13.1. The fourth-order valence-corrected chi connectivity index (χ4v) is 1.84. The van der Waals surface area contributed by atoms with Crippen LogP contribution in [0.2, 0.25) is 0 Å². The highest BCUT2D eigenvalue weighted by atomic mass is 32.2. The number of rotatable bonds is 6. The number of nitrogens with one attached hydrogen (secondary N) is 1. The van der Waals surface area contributed by atoms with Gasteiger partial charge in [0.25, 0.3) is 0 Å². The summed E-state index contributed by atoms with van der Waals surface area (Å²) in [6, 6.07) is 3.39. The van der Waals surface area contributed by atoms with Crippen molar-refractivity contribution in [3.8, 4) is 6.07 Å². The van der Waals surface area contributed by atoms with Crippen LogP contribution in [0.4, 0.5) is 5.82 Å². The number of carbonyl (C=O) groups is 2. The summed E-state index contributed by atoms with van der Waals surface area (Å²) in [4.78, 5) is 23.1. The van der Waals surface area contributed by atoms with Gasteiger partial charge in [-0.25, -0.2) is 0 Å². The van der Waals surface area contributed by atoms with Crippen LogP contribution in [0.1, 0.15) is 19.6 Å². The van der Waals surface area contributed by atoms with E-state index in [1.54, 1.807) is 26.0 Å². The molecule has 0 aliphatic rings. The van der Waals surface area contributed by atoms with Gasteiger partial charge in [0.05, 0.1) is 11.0 Å². The van der Waals surface area contributed by atoms with Crippen molar-refractivity contribution in [2.45, 2.75) is 32.1 Å². The molecule has 1 N–H and O–H groups in total. The summed E-state index contributed by atoms with van der Waals surface area (Å²) in [5.41, 5.74) is 0. The Balaban J connectivity index is 2.35. The molecule has 0 saturated carbocycles. The molecular weight excluding hydrogens is 282 g/mol. The van der Waals surface area contributed by atoms with Gasteiger partial charge in [-0.05, 0) is 20.8 Å². The number of thioether (sulfide) groups is 1. The molecule has 1 aromatic heterocycles. The molecular formula is C12H15N3O4S. The quantitative estimate of drug-likeness (QED) is 0.793.